The van der Waals surface area contributed by atoms with Gasteiger partial charge >= 0.3 is 0 Å². The van der Waals surface area contributed by atoms with Gasteiger partial charge in [0, 0.05) is 25.4 Å². The van der Waals surface area contributed by atoms with E-state index in [9.17, 15) is 4.79 Å². The number of hydrogen-bond donors (Lipinski definition) is 2. The predicted molar refractivity (Wildman–Crippen MR) is 73.6 cm³/mol. The van der Waals surface area contributed by atoms with Crippen molar-refractivity contribution in [2.24, 2.45) is 16.8 Å². The Morgan fingerprint density at radius 3 is 2.50 bits per heavy atom. The van der Waals surface area contributed by atoms with E-state index in [1.165, 1.54) is 12.8 Å². The van der Waals surface area contributed by atoms with Gasteiger partial charge in [0.1, 0.15) is 5.84 Å². The molecule has 1 unspecified atom stereocenters. The van der Waals surface area contributed by atoms with Gasteiger partial charge in [-0.3, -0.25) is 4.79 Å². The molecule has 0 aliphatic heterocycles. The molecule has 1 amide bonds. The maximum Gasteiger partial charge on any atom is 0.222 e. The number of nitrogens with zero attached hydrogens (tertiary/aromatic N) is 2. The number of carbonyl (C=O) groups is 1. The minimum atomic E-state index is -0.116. The number of amides is 1. The molecule has 0 fully saturated rings. The summed E-state index contributed by atoms with van der Waals surface area (Å²) >= 11 is 0. The van der Waals surface area contributed by atoms with E-state index < -0.39 is 0 Å². The average Bonchev–Trinajstić information content (AvgIpc) is 2.39. The van der Waals surface area contributed by atoms with E-state index in [2.05, 4.69) is 12.1 Å². The van der Waals surface area contributed by atoms with Crippen LogP contribution in [0.4, 0.5) is 0 Å². The zero-order chi connectivity index (χ0) is 14.0. The van der Waals surface area contributed by atoms with Gasteiger partial charge in [0.25, 0.3) is 0 Å². The first kappa shape index (κ1) is 16.7. The van der Waals surface area contributed by atoms with Gasteiger partial charge in [-0.1, -0.05) is 38.3 Å². The molecule has 0 aromatic heterocycles. The van der Waals surface area contributed by atoms with E-state index in [0.29, 0.717) is 19.5 Å². The molecule has 0 aromatic carbocycles. The standard InChI is InChI=1S/C13H27N3O2/c1-4-6-7-8-9-12(17)16(5-2)10-11(3)13(14)15-18/h11,18H,4-10H2,1-3H3,(H2,14,15). The summed E-state index contributed by atoms with van der Waals surface area (Å²) in [4.78, 5) is 13.7. The molecule has 5 heteroatoms. The lowest BCUT2D eigenvalue weighted by Crippen LogP contribution is -2.38. The van der Waals surface area contributed by atoms with Crippen LogP contribution in [0.3, 0.4) is 0 Å². The largest absolute Gasteiger partial charge is 0.409 e. The normalized spacial score (nSPS) is 13.4. The van der Waals surface area contributed by atoms with Gasteiger partial charge in [0.2, 0.25) is 5.91 Å². The predicted octanol–water partition coefficient (Wildman–Crippen LogP) is 2.19. The van der Waals surface area contributed by atoms with Crippen molar-refractivity contribution in [3.8, 4) is 0 Å². The van der Waals surface area contributed by atoms with Crippen LogP contribution >= 0.6 is 0 Å². The molecule has 0 bridgehead atoms. The molecule has 0 aliphatic rings. The van der Waals surface area contributed by atoms with Crippen LogP contribution in [0.15, 0.2) is 5.16 Å². The molecular formula is C13H27N3O2. The van der Waals surface area contributed by atoms with Crippen molar-refractivity contribution in [3.05, 3.63) is 0 Å². The van der Waals surface area contributed by atoms with Gasteiger partial charge in [-0.2, -0.15) is 0 Å². The lowest BCUT2D eigenvalue weighted by Gasteiger charge is -2.24. The van der Waals surface area contributed by atoms with Gasteiger partial charge in [0.05, 0.1) is 0 Å². The van der Waals surface area contributed by atoms with E-state index in [-0.39, 0.29) is 17.7 Å². The molecule has 0 aliphatic carbocycles. The first-order valence-electron chi connectivity index (χ1n) is 6.81. The van der Waals surface area contributed by atoms with Gasteiger partial charge in [-0.15, -0.1) is 0 Å². The molecule has 0 radical (unpaired) electrons. The third-order valence-corrected chi connectivity index (χ3v) is 3.09. The van der Waals surface area contributed by atoms with E-state index in [4.69, 9.17) is 10.9 Å². The van der Waals surface area contributed by atoms with Crippen LogP contribution in [0.2, 0.25) is 0 Å². The summed E-state index contributed by atoms with van der Waals surface area (Å²) in [5.74, 6) is 0.216. The third kappa shape index (κ3) is 6.47. The van der Waals surface area contributed by atoms with Crippen LogP contribution in [0.1, 0.15) is 52.9 Å². The Balaban J connectivity index is 4.11. The number of rotatable bonds is 9. The molecule has 0 rings (SSSR count). The van der Waals surface area contributed by atoms with Crippen LogP contribution in [0.25, 0.3) is 0 Å². The number of unbranched alkanes of at least 4 members (excludes halogenated alkanes) is 3. The Bertz CT molecular complexity index is 267. The van der Waals surface area contributed by atoms with Crippen molar-refractivity contribution in [1.29, 1.82) is 0 Å². The highest BCUT2D eigenvalue weighted by atomic mass is 16.4. The Morgan fingerprint density at radius 1 is 1.33 bits per heavy atom. The zero-order valence-electron chi connectivity index (χ0n) is 11.9. The number of oxime groups is 1. The van der Waals surface area contributed by atoms with Crippen molar-refractivity contribution in [1.82, 2.24) is 4.90 Å². The minimum absolute atomic E-state index is 0.116. The molecule has 0 aromatic rings. The lowest BCUT2D eigenvalue weighted by molar-refractivity contribution is -0.131. The van der Waals surface area contributed by atoms with Crippen LogP contribution in [0, 0.1) is 5.92 Å². The summed E-state index contributed by atoms with van der Waals surface area (Å²) in [7, 11) is 0. The molecule has 0 spiro atoms. The number of nitrogens with two attached hydrogens (primary N) is 1. The smallest absolute Gasteiger partial charge is 0.222 e. The highest BCUT2D eigenvalue weighted by Crippen LogP contribution is 2.07. The van der Waals surface area contributed by atoms with Crippen molar-refractivity contribution in [2.45, 2.75) is 52.9 Å². The highest BCUT2D eigenvalue weighted by Gasteiger charge is 2.16. The van der Waals surface area contributed by atoms with Crippen LogP contribution in [0.5, 0.6) is 0 Å². The molecule has 18 heavy (non-hydrogen) atoms. The number of hydrogen-bond acceptors (Lipinski definition) is 3. The Labute approximate surface area is 110 Å². The lowest BCUT2D eigenvalue weighted by atomic mass is 10.1. The van der Waals surface area contributed by atoms with E-state index >= 15 is 0 Å². The minimum Gasteiger partial charge on any atom is -0.409 e. The molecule has 5 nitrogen and oxygen atoms in total. The quantitative estimate of drug-likeness (QED) is 0.218. The topological polar surface area (TPSA) is 78.9 Å². The van der Waals surface area contributed by atoms with E-state index in [0.717, 1.165) is 12.8 Å². The monoisotopic (exact) mass is 257 g/mol. The summed E-state index contributed by atoms with van der Waals surface area (Å²) in [6.45, 7) is 7.12. The van der Waals surface area contributed by atoms with Crippen molar-refractivity contribution >= 4 is 11.7 Å². The Kier molecular flexibility index (Phi) is 9.06. The molecule has 106 valence electrons. The second-order valence-corrected chi connectivity index (χ2v) is 4.67. The maximum absolute atomic E-state index is 12.0. The fraction of sp³-hybridized carbons (Fsp3) is 0.846. The second-order valence-electron chi connectivity index (χ2n) is 4.67. The first-order valence-corrected chi connectivity index (χ1v) is 6.81. The molecular weight excluding hydrogens is 230 g/mol. The third-order valence-electron chi connectivity index (χ3n) is 3.09. The Morgan fingerprint density at radius 2 is 2.00 bits per heavy atom. The van der Waals surface area contributed by atoms with Crippen molar-refractivity contribution in [2.75, 3.05) is 13.1 Å². The molecule has 1 atom stereocenters. The summed E-state index contributed by atoms with van der Waals surface area (Å²) in [5.41, 5.74) is 5.52. The Hall–Kier alpha value is -1.26. The average molecular weight is 257 g/mol. The van der Waals surface area contributed by atoms with Crippen LogP contribution < -0.4 is 5.73 Å². The van der Waals surface area contributed by atoms with E-state index in [1.807, 2.05) is 13.8 Å². The fourth-order valence-electron chi connectivity index (χ4n) is 1.79. The summed E-state index contributed by atoms with van der Waals surface area (Å²) in [6.07, 6.45) is 5.00. The fourth-order valence-corrected chi connectivity index (χ4v) is 1.79. The summed E-state index contributed by atoms with van der Waals surface area (Å²) in [6, 6.07) is 0. The molecule has 3 N–H and O–H groups in total. The van der Waals surface area contributed by atoms with E-state index in [1.54, 1.807) is 4.90 Å². The second kappa shape index (κ2) is 9.74. The van der Waals surface area contributed by atoms with Gasteiger partial charge in [0.15, 0.2) is 0 Å². The first-order chi connectivity index (χ1) is 8.56. The van der Waals surface area contributed by atoms with Gasteiger partial charge in [-0.25, -0.2) is 0 Å². The van der Waals surface area contributed by atoms with Crippen molar-refractivity contribution < 1.29 is 10.0 Å². The van der Waals surface area contributed by atoms with Crippen LogP contribution in [-0.4, -0.2) is 34.9 Å². The summed E-state index contributed by atoms with van der Waals surface area (Å²) in [5, 5.41) is 11.6. The SMILES string of the molecule is CCCCCCC(=O)N(CC)CC(C)C(N)=NO. The molecule has 0 saturated carbocycles. The van der Waals surface area contributed by atoms with Crippen LogP contribution in [-0.2, 0) is 4.79 Å². The summed E-state index contributed by atoms with van der Waals surface area (Å²) < 4.78 is 0. The zero-order valence-corrected chi connectivity index (χ0v) is 11.9. The molecule has 0 heterocycles. The van der Waals surface area contributed by atoms with Crippen molar-refractivity contribution in [3.63, 3.8) is 0 Å². The number of carbonyl (C=O) groups excluding carboxylic acids is 1. The maximum atomic E-state index is 12.0. The highest BCUT2D eigenvalue weighted by molar-refractivity contribution is 5.83. The molecule has 0 saturated heterocycles. The number of amidine groups is 1. The van der Waals surface area contributed by atoms with Gasteiger partial charge in [-0.05, 0) is 13.3 Å². The van der Waals surface area contributed by atoms with Gasteiger partial charge < -0.3 is 15.8 Å².